The third-order valence-electron chi connectivity index (χ3n) is 3.17. The van der Waals surface area contributed by atoms with E-state index in [4.69, 9.17) is 0 Å². The Kier molecular flexibility index (Phi) is 5.31. The lowest BCUT2D eigenvalue weighted by molar-refractivity contribution is 0.0954. The lowest BCUT2D eigenvalue weighted by atomic mass is 10.2. The Balaban J connectivity index is 1.86. The highest BCUT2D eigenvalue weighted by atomic mass is 16.1. The number of carbonyl (C=O) groups is 1. The second-order valence-electron chi connectivity index (χ2n) is 4.81. The van der Waals surface area contributed by atoms with Gasteiger partial charge in [0.1, 0.15) is 5.82 Å². The topological polar surface area (TPSA) is 71.8 Å². The first kappa shape index (κ1) is 15.0. The Morgan fingerprint density at radius 3 is 2.86 bits per heavy atom. The van der Waals surface area contributed by atoms with Crippen molar-refractivity contribution in [2.45, 2.75) is 19.8 Å². The van der Waals surface area contributed by atoms with Crippen molar-refractivity contribution >= 4 is 11.7 Å². The SMILES string of the molecule is CCCNc1cc(C(=O)NCCc2ccnn2C)ccn1. The molecule has 0 aliphatic rings. The number of nitrogens with zero attached hydrogens (tertiary/aromatic N) is 3. The maximum atomic E-state index is 12.1. The molecule has 2 N–H and O–H groups in total. The molecule has 2 rings (SSSR count). The van der Waals surface area contributed by atoms with Crippen molar-refractivity contribution < 1.29 is 4.79 Å². The van der Waals surface area contributed by atoms with E-state index in [0.717, 1.165) is 30.9 Å². The van der Waals surface area contributed by atoms with Crippen LogP contribution in [0.2, 0.25) is 0 Å². The molecule has 0 aromatic carbocycles. The molecule has 0 aliphatic heterocycles. The van der Waals surface area contributed by atoms with Gasteiger partial charge in [0, 0.05) is 50.2 Å². The van der Waals surface area contributed by atoms with Crippen molar-refractivity contribution in [3.8, 4) is 0 Å². The molecule has 0 radical (unpaired) electrons. The highest BCUT2D eigenvalue weighted by Crippen LogP contribution is 2.07. The fourth-order valence-corrected chi connectivity index (χ4v) is 1.97. The maximum absolute atomic E-state index is 12.1. The molecule has 0 saturated heterocycles. The predicted molar refractivity (Wildman–Crippen MR) is 82.3 cm³/mol. The molecule has 0 atom stereocenters. The molecule has 6 heteroatoms. The smallest absolute Gasteiger partial charge is 0.251 e. The Bertz CT molecular complexity index is 593. The van der Waals surface area contributed by atoms with E-state index >= 15 is 0 Å². The summed E-state index contributed by atoms with van der Waals surface area (Å²) < 4.78 is 1.81. The van der Waals surface area contributed by atoms with E-state index in [1.54, 1.807) is 24.5 Å². The minimum atomic E-state index is -0.0842. The van der Waals surface area contributed by atoms with E-state index in [1.165, 1.54) is 0 Å². The van der Waals surface area contributed by atoms with Crippen LogP contribution in [0.15, 0.2) is 30.6 Å². The van der Waals surface area contributed by atoms with E-state index in [-0.39, 0.29) is 5.91 Å². The Labute approximate surface area is 124 Å². The third kappa shape index (κ3) is 4.30. The molecule has 0 saturated carbocycles. The number of nitrogens with one attached hydrogen (secondary N) is 2. The van der Waals surface area contributed by atoms with Gasteiger partial charge in [-0.3, -0.25) is 9.48 Å². The summed E-state index contributed by atoms with van der Waals surface area (Å²) in [4.78, 5) is 16.3. The van der Waals surface area contributed by atoms with Crippen molar-refractivity contribution in [3.05, 3.63) is 41.9 Å². The quantitative estimate of drug-likeness (QED) is 0.811. The average molecular weight is 287 g/mol. The molecule has 2 heterocycles. The summed E-state index contributed by atoms with van der Waals surface area (Å²) in [7, 11) is 1.89. The van der Waals surface area contributed by atoms with Crippen LogP contribution < -0.4 is 10.6 Å². The van der Waals surface area contributed by atoms with Crippen LogP contribution in [0.25, 0.3) is 0 Å². The summed E-state index contributed by atoms with van der Waals surface area (Å²) >= 11 is 0. The second kappa shape index (κ2) is 7.42. The molecule has 1 amide bonds. The van der Waals surface area contributed by atoms with Gasteiger partial charge in [-0.15, -0.1) is 0 Å². The van der Waals surface area contributed by atoms with Crippen LogP contribution in [-0.4, -0.2) is 33.8 Å². The molecule has 0 unspecified atom stereocenters. The van der Waals surface area contributed by atoms with Gasteiger partial charge in [0.15, 0.2) is 0 Å². The van der Waals surface area contributed by atoms with Crippen molar-refractivity contribution in [3.63, 3.8) is 0 Å². The van der Waals surface area contributed by atoms with Gasteiger partial charge in [0.2, 0.25) is 0 Å². The second-order valence-corrected chi connectivity index (χ2v) is 4.81. The minimum Gasteiger partial charge on any atom is -0.370 e. The largest absolute Gasteiger partial charge is 0.370 e. The predicted octanol–water partition coefficient (Wildman–Crippen LogP) is 1.61. The van der Waals surface area contributed by atoms with Crippen molar-refractivity contribution in [1.29, 1.82) is 0 Å². The van der Waals surface area contributed by atoms with E-state index in [1.807, 2.05) is 17.8 Å². The van der Waals surface area contributed by atoms with E-state index in [9.17, 15) is 4.79 Å². The molecular formula is C15H21N5O. The fraction of sp³-hybridized carbons (Fsp3) is 0.400. The number of aromatic nitrogens is 3. The molecule has 0 aliphatic carbocycles. The Hall–Kier alpha value is -2.37. The minimum absolute atomic E-state index is 0.0842. The summed E-state index contributed by atoms with van der Waals surface area (Å²) in [6.07, 6.45) is 5.18. The lowest BCUT2D eigenvalue weighted by Gasteiger charge is -2.08. The zero-order chi connectivity index (χ0) is 15.1. The number of amides is 1. The van der Waals surface area contributed by atoms with Crippen LogP contribution in [0, 0.1) is 0 Å². The Morgan fingerprint density at radius 2 is 2.14 bits per heavy atom. The maximum Gasteiger partial charge on any atom is 0.251 e. The van der Waals surface area contributed by atoms with Gasteiger partial charge in [0.25, 0.3) is 5.91 Å². The van der Waals surface area contributed by atoms with Gasteiger partial charge in [0.05, 0.1) is 0 Å². The number of anilines is 1. The van der Waals surface area contributed by atoms with Crippen LogP contribution >= 0.6 is 0 Å². The lowest BCUT2D eigenvalue weighted by Crippen LogP contribution is -2.26. The summed E-state index contributed by atoms with van der Waals surface area (Å²) in [5.41, 5.74) is 1.71. The van der Waals surface area contributed by atoms with Gasteiger partial charge in [-0.2, -0.15) is 5.10 Å². The number of rotatable bonds is 7. The number of carbonyl (C=O) groups excluding carboxylic acids is 1. The fourth-order valence-electron chi connectivity index (χ4n) is 1.97. The van der Waals surface area contributed by atoms with Gasteiger partial charge in [-0.1, -0.05) is 6.92 Å². The summed E-state index contributed by atoms with van der Waals surface area (Å²) in [5.74, 6) is 0.648. The van der Waals surface area contributed by atoms with Crippen molar-refractivity contribution in [1.82, 2.24) is 20.1 Å². The van der Waals surface area contributed by atoms with E-state index in [2.05, 4.69) is 27.6 Å². The Morgan fingerprint density at radius 1 is 1.29 bits per heavy atom. The summed E-state index contributed by atoms with van der Waals surface area (Å²) in [6, 6.07) is 5.44. The van der Waals surface area contributed by atoms with Gasteiger partial charge >= 0.3 is 0 Å². The van der Waals surface area contributed by atoms with Crippen LogP contribution in [0.5, 0.6) is 0 Å². The first-order valence-electron chi connectivity index (χ1n) is 7.15. The molecule has 0 spiro atoms. The van der Waals surface area contributed by atoms with E-state index in [0.29, 0.717) is 12.1 Å². The zero-order valence-electron chi connectivity index (χ0n) is 12.5. The molecule has 0 bridgehead atoms. The van der Waals surface area contributed by atoms with Crippen molar-refractivity contribution in [2.75, 3.05) is 18.4 Å². The molecule has 21 heavy (non-hydrogen) atoms. The summed E-state index contributed by atoms with van der Waals surface area (Å²) in [5, 5.41) is 10.2. The highest BCUT2D eigenvalue weighted by molar-refractivity contribution is 5.94. The monoisotopic (exact) mass is 287 g/mol. The third-order valence-corrected chi connectivity index (χ3v) is 3.17. The highest BCUT2D eigenvalue weighted by Gasteiger charge is 2.07. The number of aryl methyl sites for hydroxylation is 1. The van der Waals surface area contributed by atoms with Crippen LogP contribution in [0.3, 0.4) is 0 Å². The molecule has 2 aromatic rings. The van der Waals surface area contributed by atoms with Gasteiger partial charge in [-0.25, -0.2) is 4.98 Å². The summed E-state index contributed by atoms with van der Waals surface area (Å²) in [6.45, 7) is 3.51. The molecule has 0 fully saturated rings. The van der Waals surface area contributed by atoms with Crippen LogP contribution in [0.4, 0.5) is 5.82 Å². The van der Waals surface area contributed by atoms with Crippen LogP contribution in [-0.2, 0) is 13.5 Å². The standard InChI is InChI=1S/C15H21N5O/c1-3-7-16-14-11-12(4-8-17-14)15(21)18-9-5-13-6-10-19-20(13)2/h4,6,8,10-11H,3,5,7,9H2,1-2H3,(H,16,17)(H,18,21). The normalized spacial score (nSPS) is 10.4. The molecule has 6 nitrogen and oxygen atoms in total. The molecule has 112 valence electrons. The zero-order valence-corrected chi connectivity index (χ0v) is 12.5. The average Bonchev–Trinajstić information content (AvgIpc) is 2.91. The number of hydrogen-bond donors (Lipinski definition) is 2. The number of hydrogen-bond acceptors (Lipinski definition) is 4. The van der Waals surface area contributed by atoms with E-state index < -0.39 is 0 Å². The first-order valence-corrected chi connectivity index (χ1v) is 7.15. The van der Waals surface area contributed by atoms with Crippen molar-refractivity contribution in [2.24, 2.45) is 7.05 Å². The molecule has 2 aromatic heterocycles. The molecular weight excluding hydrogens is 266 g/mol. The number of pyridine rings is 1. The first-order chi connectivity index (χ1) is 10.2. The van der Waals surface area contributed by atoms with Crippen LogP contribution in [0.1, 0.15) is 29.4 Å². The van der Waals surface area contributed by atoms with Gasteiger partial charge < -0.3 is 10.6 Å². The van der Waals surface area contributed by atoms with Gasteiger partial charge in [-0.05, 0) is 24.6 Å².